The maximum absolute atomic E-state index is 11.0. The van der Waals surface area contributed by atoms with Crippen molar-refractivity contribution in [1.82, 2.24) is 10.3 Å². The van der Waals surface area contributed by atoms with E-state index in [1.165, 1.54) is 0 Å². The summed E-state index contributed by atoms with van der Waals surface area (Å²) in [6.07, 6.45) is 2.79. The van der Waals surface area contributed by atoms with Gasteiger partial charge in [0.05, 0.1) is 0 Å². The highest BCUT2D eigenvalue weighted by molar-refractivity contribution is 6.02. The maximum atomic E-state index is 11.0. The Balaban J connectivity index is 1.96. The molecule has 1 N–H and O–H groups in total. The van der Waals surface area contributed by atoms with Gasteiger partial charge in [-0.25, -0.2) is 4.79 Å². The minimum absolute atomic E-state index is 0.0659. The van der Waals surface area contributed by atoms with E-state index in [4.69, 9.17) is 0 Å². The number of hydrazone groups is 1. The third kappa shape index (κ3) is 1.54. The van der Waals surface area contributed by atoms with E-state index in [0.29, 0.717) is 11.8 Å². The van der Waals surface area contributed by atoms with E-state index in [1.807, 2.05) is 0 Å². The van der Waals surface area contributed by atoms with Crippen molar-refractivity contribution in [2.45, 2.75) is 13.3 Å². The van der Waals surface area contributed by atoms with Gasteiger partial charge >= 0.3 is 6.03 Å². The molecule has 5 nitrogen and oxygen atoms in total. The molecule has 1 saturated heterocycles. The summed E-state index contributed by atoms with van der Waals surface area (Å²) >= 11 is 0. The molecule has 1 heterocycles. The minimum atomic E-state index is -0.422. The van der Waals surface area contributed by atoms with Crippen LogP contribution in [-0.4, -0.2) is 29.7 Å². The Kier molecular flexibility index (Phi) is 1.79. The number of amides is 3. The third-order valence-corrected chi connectivity index (χ3v) is 2.36. The minimum Gasteiger partial charge on any atom is -0.327 e. The number of hydrogen-bond donors (Lipinski definition) is 1. The first-order chi connectivity index (χ1) is 6.18. The Hall–Kier alpha value is -1.39. The predicted molar refractivity (Wildman–Crippen MR) is 46.0 cm³/mol. The van der Waals surface area contributed by atoms with E-state index in [9.17, 15) is 9.59 Å². The van der Waals surface area contributed by atoms with Crippen LogP contribution in [0, 0.1) is 11.8 Å². The molecule has 0 aromatic carbocycles. The fourth-order valence-electron chi connectivity index (χ4n) is 1.24. The number of nitrogens with zero attached hydrogens (tertiary/aromatic N) is 2. The van der Waals surface area contributed by atoms with Crippen LogP contribution in [0.1, 0.15) is 13.3 Å². The number of rotatable bonds is 2. The quantitative estimate of drug-likeness (QED) is 0.488. The van der Waals surface area contributed by atoms with E-state index >= 15 is 0 Å². The molecule has 0 aromatic heterocycles. The van der Waals surface area contributed by atoms with Crippen molar-refractivity contribution >= 4 is 18.2 Å². The smallest absolute Gasteiger partial charge is 0.327 e. The lowest BCUT2D eigenvalue weighted by atomic mass is 10.4. The van der Waals surface area contributed by atoms with Gasteiger partial charge in [-0.1, -0.05) is 6.92 Å². The van der Waals surface area contributed by atoms with Crippen molar-refractivity contribution < 1.29 is 9.59 Å². The monoisotopic (exact) mass is 181 g/mol. The summed E-state index contributed by atoms with van der Waals surface area (Å²) in [5, 5.41) is 7.14. The van der Waals surface area contributed by atoms with Crippen LogP contribution in [0.15, 0.2) is 5.10 Å². The van der Waals surface area contributed by atoms with Crippen molar-refractivity contribution in [3.8, 4) is 0 Å². The van der Waals surface area contributed by atoms with E-state index in [2.05, 4.69) is 17.3 Å². The Bertz CT molecular complexity index is 271. The lowest BCUT2D eigenvalue weighted by Crippen LogP contribution is -2.25. The molecule has 13 heavy (non-hydrogen) atoms. The molecule has 5 heteroatoms. The summed E-state index contributed by atoms with van der Waals surface area (Å²) < 4.78 is 0. The topological polar surface area (TPSA) is 61.8 Å². The van der Waals surface area contributed by atoms with Gasteiger partial charge in [-0.05, 0) is 18.3 Å². The van der Waals surface area contributed by atoms with Crippen LogP contribution in [0.25, 0.3) is 0 Å². The lowest BCUT2D eigenvalue weighted by Gasteiger charge is -2.02. The van der Waals surface area contributed by atoms with Crippen molar-refractivity contribution in [3.63, 3.8) is 0 Å². The number of carbonyl (C=O) groups is 2. The van der Waals surface area contributed by atoms with Crippen LogP contribution >= 0.6 is 0 Å². The molecule has 2 aliphatic rings. The fraction of sp³-hybridized carbons (Fsp3) is 0.625. The molecular weight excluding hydrogens is 170 g/mol. The Morgan fingerprint density at radius 2 is 2.31 bits per heavy atom. The molecule has 0 spiro atoms. The molecule has 0 radical (unpaired) electrons. The molecule has 2 atom stereocenters. The van der Waals surface area contributed by atoms with Gasteiger partial charge in [-0.15, -0.1) is 5.01 Å². The first-order valence-corrected chi connectivity index (χ1v) is 4.33. The van der Waals surface area contributed by atoms with E-state index in [0.717, 1.165) is 11.4 Å². The van der Waals surface area contributed by atoms with Gasteiger partial charge in [-0.3, -0.25) is 4.79 Å². The second kappa shape index (κ2) is 2.83. The van der Waals surface area contributed by atoms with Crippen LogP contribution < -0.4 is 5.32 Å². The Morgan fingerprint density at radius 3 is 2.77 bits per heavy atom. The summed E-state index contributed by atoms with van der Waals surface area (Å²) in [5.41, 5.74) is 0. The van der Waals surface area contributed by atoms with Crippen LogP contribution in [0.2, 0.25) is 0 Å². The van der Waals surface area contributed by atoms with E-state index in [-0.39, 0.29) is 12.5 Å². The predicted octanol–water partition coefficient (Wildman–Crippen LogP) is 0.180. The van der Waals surface area contributed by atoms with Gasteiger partial charge in [0.15, 0.2) is 0 Å². The molecule has 3 amide bonds. The average Bonchev–Trinajstić information content (AvgIpc) is 2.69. The number of imide groups is 1. The highest BCUT2D eigenvalue weighted by atomic mass is 16.2. The van der Waals surface area contributed by atoms with Crippen molar-refractivity contribution in [2.24, 2.45) is 16.9 Å². The molecule has 1 aliphatic heterocycles. The summed E-state index contributed by atoms with van der Waals surface area (Å²) in [6.45, 7) is 2.18. The van der Waals surface area contributed by atoms with Gasteiger partial charge in [0.1, 0.15) is 6.54 Å². The van der Waals surface area contributed by atoms with Crippen LogP contribution in [0.4, 0.5) is 4.79 Å². The first kappa shape index (κ1) is 8.22. The zero-order chi connectivity index (χ0) is 9.42. The molecular formula is C8H11N3O2. The molecule has 1 saturated carbocycles. The number of urea groups is 1. The molecule has 2 rings (SSSR count). The number of nitrogens with one attached hydrogen (secondary N) is 1. The SMILES string of the molecule is CC1CC1/C=N/N1C(=O)CNC1=O. The molecule has 70 valence electrons. The van der Waals surface area contributed by atoms with Crippen molar-refractivity contribution in [2.75, 3.05) is 6.54 Å². The summed E-state index contributed by atoms with van der Waals surface area (Å²) in [4.78, 5) is 22.0. The lowest BCUT2D eigenvalue weighted by molar-refractivity contribution is -0.124. The van der Waals surface area contributed by atoms with Crippen LogP contribution in [-0.2, 0) is 4.79 Å². The maximum Gasteiger partial charge on any atom is 0.345 e. The molecule has 0 bridgehead atoms. The summed E-state index contributed by atoms with van der Waals surface area (Å²) in [6, 6.07) is -0.422. The first-order valence-electron chi connectivity index (χ1n) is 4.33. The normalized spacial score (nSPS) is 32.8. The summed E-state index contributed by atoms with van der Waals surface area (Å²) in [7, 11) is 0. The fourth-order valence-corrected chi connectivity index (χ4v) is 1.24. The van der Waals surface area contributed by atoms with Crippen molar-refractivity contribution in [3.05, 3.63) is 0 Å². The number of hydrogen-bond acceptors (Lipinski definition) is 3. The second-order valence-corrected chi connectivity index (χ2v) is 3.51. The van der Waals surface area contributed by atoms with Gasteiger partial charge in [0.2, 0.25) is 0 Å². The van der Waals surface area contributed by atoms with E-state index in [1.54, 1.807) is 6.21 Å². The van der Waals surface area contributed by atoms with Gasteiger partial charge in [0.25, 0.3) is 5.91 Å². The largest absolute Gasteiger partial charge is 0.345 e. The Morgan fingerprint density at radius 1 is 1.62 bits per heavy atom. The van der Waals surface area contributed by atoms with Crippen LogP contribution in [0.5, 0.6) is 0 Å². The molecule has 2 unspecified atom stereocenters. The zero-order valence-electron chi connectivity index (χ0n) is 7.36. The van der Waals surface area contributed by atoms with Crippen molar-refractivity contribution in [1.29, 1.82) is 0 Å². The van der Waals surface area contributed by atoms with Crippen LogP contribution in [0.3, 0.4) is 0 Å². The van der Waals surface area contributed by atoms with E-state index < -0.39 is 6.03 Å². The van der Waals surface area contributed by atoms with Gasteiger partial charge in [-0.2, -0.15) is 5.10 Å². The highest BCUT2D eigenvalue weighted by Crippen LogP contribution is 2.35. The Labute approximate surface area is 75.8 Å². The molecule has 1 aliphatic carbocycles. The highest BCUT2D eigenvalue weighted by Gasteiger charge is 2.33. The standard InChI is InChI=1S/C8H11N3O2/c1-5-2-6(5)3-10-11-7(12)4-9-8(11)13/h3,5-6H,2,4H2,1H3,(H,9,13)/b10-3+. The number of carbonyl (C=O) groups excluding carboxylic acids is 2. The third-order valence-electron chi connectivity index (χ3n) is 2.36. The zero-order valence-corrected chi connectivity index (χ0v) is 7.36. The molecule has 0 aromatic rings. The summed E-state index contributed by atoms with van der Waals surface area (Å²) in [5.74, 6) is 0.806. The van der Waals surface area contributed by atoms with Gasteiger partial charge in [0, 0.05) is 6.21 Å². The second-order valence-electron chi connectivity index (χ2n) is 3.51. The average molecular weight is 181 g/mol. The molecule has 2 fully saturated rings. The van der Waals surface area contributed by atoms with Gasteiger partial charge < -0.3 is 5.32 Å².